The van der Waals surface area contributed by atoms with Gasteiger partial charge in [0.2, 0.25) is 5.91 Å². The first-order chi connectivity index (χ1) is 18.2. The van der Waals surface area contributed by atoms with Gasteiger partial charge in [-0.3, -0.25) is 9.78 Å². The number of ether oxygens (including phenoxy) is 1. The molecular formula is C28H35N7O2. The second-order valence-electron chi connectivity index (χ2n) is 10.2. The van der Waals surface area contributed by atoms with E-state index in [0.29, 0.717) is 12.5 Å². The summed E-state index contributed by atoms with van der Waals surface area (Å²) in [6.45, 7) is 6.43. The number of anilines is 2. The van der Waals surface area contributed by atoms with Crippen LogP contribution in [-0.2, 0) is 9.53 Å². The van der Waals surface area contributed by atoms with E-state index in [-0.39, 0.29) is 12.0 Å². The van der Waals surface area contributed by atoms with Gasteiger partial charge in [-0.25, -0.2) is 9.97 Å². The number of pyridine rings is 1. The van der Waals surface area contributed by atoms with Crippen molar-refractivity contribution in [3.8, 4) is 11.3 Å². The number of benzene rings is 1. The Morgan fingerprint density at radius 3 is 2.59 bits per heavy atom. The topological polar surface area (TPSA) is 95.5 Å². The van der Waals surface area contributed by atoms with Gasteiger partial charge < -0.3 is 25.2 Å². The molecule has 2 saturated heterocycles. The minimum Gasteiger partial charge on any atom is -0.374 e. The van der Waals surface area contributed by atoms with Crippen LogP contribution in [0.4, 0.5) is 11.5 Å². The number of carbonyl (C=O) groups is 1. The first-order valence-electron chi connectivity index (χ1n) is 13.6. The Kier molecular flexibility index (Phi) is 7.14. The summed E-state index contributed by atoms with van der Waals surface area (Å²) < 4.78 is 5.83. The SMILES string of the molecule is O=C(C1CCCC1)N1CCN(c2ccc(-c3cc4nccnc4c(NC[C@@H]4CNCCO4)n3)cc2)CC1. The van der Waals surface area contributed by atoms with Gasteiger partial charge in [0, 0.05) is 75.4 Å². The molecule has 9 nitrogen and oxygen atoms in total. The third-order valence-electron chi connectivity index (χ3n) is 7.78. The van der Waals surface area contributed by atoms with Gasteiger partial charge in [0.05, 0.1) is 23.9 Å². The van der Waals surface area contributed by atoms with Crippen molar-refractivity contribution in [3.63, 3.8) is 0 Å². The van der Waals surface area contributed by atoms with Crippen molar-refractivity contribution in [2.75, 3.05) is 62.6 Å². The molecule has 1 saturated carbocycles. The lowest BCUT2D eigenvalue weighted by atomic mass is 10.1. The molecule has 4 heterocycles. The summed E-state index contributed by atoms with van der Waals surface area (Å²) in [6.07, 6.45) is 8.04. The van der Waals surface area contributed by atoms with E-state index in [1.165, 1.54) is 18.5 Å². The van der Waals surface area contributed by atoms with E-state index in [9.17, 15) is 4.79 Å². The van der Waals surface area contributed by atoms with Crippen LogP contribution in [0.2, 0.25) is 0 Å². The summed E-state index contributed by atoms with van der Waals surface area (Å²) in [5, 5.41) is 6.81. The number of amides is 1. The summed E-state index contributed by atoms with van der Waals surface area (Å²) in [6, 6.07) is 10.5. The predicted octanol–water partition coefficient (Wildman–Crippen LogP) is 2.93. The Bertz CT molecular complexity index is 1210. The molecule has 0 radical (unpaired) electrons. The fourth-order valence-corrected chi connectivity index (χ4v) is 5.66. The highest BCUT2D eigenvalue weighted by Gasteiger charge is 2.29. The van der Waals surface area contributed by atoms with E-state index in [1.54, 1.807) is 12.4 Å². The molecule has 3 fully saturated rings. The fourth-order valence-electron chi connectivity index (χ4n) is 5.66. The highest BCUT2D eigenvalue weighted by Crippen LogP contribution is 2.29. The standard InChI is InChI=1S/C28H35N7O2/c36-28(21-3-1-2-4-21)35-14-12-34(13-15-35)22-7-5-20(6-8-22)24-17-25-26(31-10-9-30-25)27(33-24)32-19-23-18-29-11-16-37-23/h5-10,17,21,23,29H,1-4,11-16,18-19H2,(H,32,33)/t23-/m0/s1. The van der Waals surface area contributed by atoms with E-state index >= 15 is 0 Å². The summed E-state index contributed by atoms with van der Waals surface area (Å²) in [7, 11) is 0. The monoisotopic (exact) mass is 501 g/mol. The molecule has 9 heteroatoms. The molecular weight excluding hydrogens is 466 g/mol. The Hall–Kier alpha value is -3.30. The second kappa shape index (κ2) is 11.0. The number of aromatic nitrogens is 3. The average Bonchev–Trinajstić information content (AvgIpc) is 3.51. The largest absolute Gasteiger partial charge is 0.374 e. The molecule has 3 aliphatic rings. The maximum Gasteiger partial charge on any atom is 0.225 e. The second-order valence-corrected chi connectivity index (χ2v) is 10.2. The van der Waals surface area contributed by atoms with Crippen LogP contribution in [0.3, 0.4) is 0 Å². The molecule has 0 spiro atoms. The lowest BCUT2D eigenvalue weighted by molar-refractivity contribution is -0.135. The lowest BCUT2D eigenvalue weighted by Gasteiger charge is -2.37. The number of nitrogens with one attached hydrogen (secondary N) is 2. The number of hydrogen-bond acceptors (Lipinski definition) is 8. The zero-order valence-electron chi connectivity index (χ0n) is 21.2. The molecule has 1 aliphatic carbocycles. The van der Waals surface area contributed by atoms with Crippen LogP contribution in [-0.4, -0.2) is 84.3 Å². The number of morpholine rings is 1. The van der Waals surface area contributed by atoms with Gasteiger partial charge in [0.15, 0.2) is 5.82 Å². The molecule has 1 amide bonds. The highest BCUT2D eigenvalue weighted by atomic mass is 16.5. The summed E-state index contributed by atoms with van der Waals surface area (Å²) in [5.41, 5.74) is 4.64. The van der Waals surface area contributed by atoms with E-state index in [2.05, 4.69) is 54.7 Å². The Balaban J connectivity index is 1.14. The van der Waals surface area contributed by atoms with Crippen molar-refractivity contribution in [2.45, 2.75) is 31.8 Å². The molecule has 1 aromatic carbocycles. The van der Waals surface area contributed by atoms with Gasteiger partial charge in [-0.1, -0.05) is 25.0 Å². The Morgan fingerprint density at radius 2 is 1.84 bits per heavy atom. The summed E-state index contributed by atoms with van der Waals surface area (Å²) >= 11 is 0. The predicted molar refractivity (Wildman–Crippen MR) is 145 cm³/mol. The Labute approximate surface area is 217 Å². The van der Waals surface area contributed by atoms with Gasteiger partial charge in [-0.05, 0) is 31.0 Å². The summed E-state index contributed by atoms with van der Waals surface area (Å²) in [5.74, 6) is 1.35. The van der Waals surface area contributed by atoms with Crippen molar-refractivity contribution < 1.29 is 9.53 Å². The molecule has 0 bridgehead atoms. The molecule has 37 heavy (non-hydrogen) atoms. The highest BCUT2D eigenvalue weighted by molar-refractivity contribution is 5.88. The van der Waals surface area contributed by atoms with Crippen LogP contribution in [0.5, 0.6) is 0 Å². The number of nitrogens with zero attached hydrogens (tertiary/aromatic N) is 5. The number of carbonyl (C=O) groups excluding carboxylic acids is 1. The third-order valence-corrected chi connectivity index (χ3v) is 7.78. The molecule has 2 aromatic heterocycles. The van der Waals surface area contributed by atoms with Crippen molar-refractivity contribution in [1.82, 2.24) is 25.2 Å². The quantitative estimate of drug-likeness (QED) is 0.532. The van der Waals surface area contributed by atoms with Gasteiger partial charge in [-0.2, -0.15) is 0 Å². The molecule has 2 N–H and O–H groups in total. The van der Waals surface area contributed by atoms with E-state index in [4.69, 9.17) is 9.72 Å². The third kappa shape index (κ3) is 5.38. The average molecular weight is 502 g/mol. The zero-order chi connectivity index (χ0) is 25.0. The first kappa shape index (κ1) is 24.1. The summed E-state index contributed by atoms with van der Waals surface area (Å²) in [4.78, 5) is 31.2. The molecule has 6 rings (SSSR count). The molecule has 0 unspecified atom stereocenters. The maximum atomic E-state index is 12.8. The fraction of sp³-hybridized carbons (Fsp3) is 0.500. The smallest absolute Gasteiger partial charge is 0.225 e. The van der Waals surface area contributed by atoms with E-state index in [1.807, 2.05) is 6.07 Å². The van der Waals surface area contributed by atoms with E-state index in [0.717, 1.165) is 86.8 Å². The minimum absolute atomic E-state index is 0.0964. The van der Waals surface area contributed by atoms with Crippen LogP contribution in [0, 0.1) is 5.92 Å². The van der Waals surface area contributed by atoms with Crippen molar-refractivity contribution in [3.05, 3.63) is 42.7 Å². The molecule has 3 aromatic rings. The van der Waals surface area contributed by atoms with Crippen LogP contribution < -0.4 is 15.5 Å². The maximum absolute atomic E-state index is 12.8. The zero-order valence-corrected chi connectivity index (χ0v) is 21.2. The van der Waals surface area contributed by atoms with Crippen LogP contribution in [0.15, 0.2) is 42.7 Å². The first-order valence-corrected chi connectivity index (χ1v) is 13.6. The van der Waals surface area contributed by atoms with Crippen LogP contribution in [0.25, 0.3) is 22.3 Å². The minimum atomic E-state index is 0.0964. The van der Waals surface area contributed by atoms with Gasteiger partial charge in [0.1, 0.15) is 5.52 Å². The van der Waals surface area contributed by atoms with Gasteiger partial charge in [-0.15, -0.1) is 0 Å². The van der Waals surface area contributed by atoms with Crippen LogP contribution in [0.1, 0.15) is 25.7 Å². The molecule has 2 aliphatic heterocycles. The molecule has 194 valence electrons. The normalized spacial score (nSPS) is 20.9. The number of hydrogen-bond donors (Lipinski definition) is 2. The van der Waals surface area contributed by atoms with Crippen LogP contribution >= 0.6 is 0 Å². The van der Waals surface area contributed by atoms with Gasteiger partial charge >= 0.3 is 0 Å². The number of rotatable bonds is 6. The Morgan fingerprint density at radius 1 is 1.05 bits per heavy atom. The van der Waals surface area contributed by atoms with Crippen molar-refractivity contribution in [1.29, 1.82) is 0 Å². The lowest BCUT2D eigenvalue weighted by Crippen LogP contribution is -2.50. The molecule has 1 atom stereocenters. The van der Waals surface area contributed by atoms with E-state index < -0.39 is 0 Å². The number of fused-ring (bicyclic) bond motifs is 1. The van der Waals surface area contributed by atoms with Gasteiger partial charge in [0.25, 0.3) is 0 Å². The van der Waals surface area contributed by atoms with Crippen molar-refractivity contribution >= 4 is 28.4 Å². The van der Waals surface area contributed by atoms with Crippen molar-refractivity contribution in [2.24, 2.45) is 5.92 Å². The number of piperazine rings is 1.